The number of amides is 2. The summed E-state index contributed by atoms with van der Waals surface area (Å²) in [6, 6.07) is 7.42. The molecule has 2 aromatic rings. The van der Waals surface area contributed by atoms with E-state index in [1.807, 2.05) is 18.7 Å². The molecule has 1 aliphatic carbocycles. The van der Waals surface area contributed by atoms with Gasteiger partial charge >= 0.3 is 6.03 Å². The number of nitrogens with zero attached hydrogens (tertiary/aromatic N) is 2. The summed E-state index contributed by atoms with van der Waals surface area (Å²) < 4.78 is 0. The third-order valence-corrected chi connectivity index (χ3v) is 6.44. The number of aromatic nitrogens is 1. The van der Waals surface area contributed by atoms with Crippen molar-refractivity contribution in [3.05, 3.63) is 35.0 Å². The van der Waals surface area contributed by atoms with Crippen LogP contribution >= 0.6 is 0 Å². The third-order valence-electron chi connectivity index (χ3n) is 6.44. The molecule has 0 spiro atoms. The van der Waals surface area contributed by atoms with Crippen LogP contribution in [0.1, 0.15) is 43.0 Å². The van der Waals surface area contributed by atoms with Crippen LogP contribution < -0.4 is 5.32 Å². The molecule has 4 rings (SSSR count). The van der Waals surface area contributed by atoms with Crippen molar-refractivity contribution in [2.75, 3.05) is 26.7 Å². The van der Waals surface area contributed by atoms with Crippen molar-refractivity contribution in [3.63, 3.8) is 0 Å². The molecule has 2 heterocycles. The fourth-order valence-electron chi connectivity index (χ4n) is 5.09. The Labute approximate surface area is 155 Å². The maximum absolute atomic E-state index is 12.5. The van der Waals surface area contributed by atoms with Crippen LogP contribution in [0.2, 0.25) is 0 Å². The molecule has 0 saturated carbocycles. The van der Waals surface area contributed by atoms with Gasteiger partial charge in [-0.1, -0.05) is 12.1 Å². The number of likely N-dealkylation sites (N-methyl/N-ethyl adjacent to an activating group) is 1. The number of carbonyl (C=O) groups excluding carboxylic acids is 1. The summed E-state index contributed by atoms with van der Waals surface area (Å²) in [6.45, 7) is 8.68. The number of nitrogens with one attached hydrogen (secondary N) is 2. The molecule has 1 aromatic carbocycles. The van der Waals surface area contributed by atoms with Crippen molar-refractivity contribution in [3.8, 4) is 0 Å². The van der Waals surface area contributed by atoms with Gasteiger partial charge in [-0.05, 0) is 57.9 Å². The highest BCUT2D eigenvalue weighted by Crippen LogP contribution is 2.44. The standard InChI is InChI=1S/C21H30N4O/c1-5-25(6-2)21(26)23-14-10-17-15-8-7-9-18-20(15)16(13(3)22-18)11-19(17)24(4)12-14/h7-9,14,17,19,22H,5-6,10-12H2,1-4H3,(H,23,26)/t14-,17+,19+/m0/s1. The number of hydrogen-bond acceptors (Lipinski definition) is 2. The average molecular weight is 354 g/mol. The lowest BCUT2D eigenvalue weighted by molar-refractivity contribution is 0.124. The van der Waals surface area contributed by atoms with Crippen molar-refractivity contribution in [1.29, 1.82) is 0 Å². The van der Waals surface area contributed by atoms with E-state index >= 15 is 0 Å². The molecule has 0 radical (unpaired) electrons. The van der Waals surface area contributed by atoms with Gasteiger partial charge in [-0.15, -0.1) is 0 Å². The Morgan fingerprint density at radius 2 is 2.12 bits per heavy atom. The predicted molar refractivity (Wildman–Crippen MR) is 106 cm³/mol. The molecule has 140 valence electrons. The molecule has 5 nitrogen and oxygen atoms in total. The fraction of sp³-hybridized carbons (Fsp3) is 0.571. The molecule has 0 unspecified atom stereocenters. The van der Waals surface area contributed by atoms with Crippen LogP contribution in [0.3, 0.4) is 0 Å². The molecule has 2 aliphatic rings. The normalized spacial score (nSPS) is 25.2. The summed E-state index contributed by atoms with van der Waals surface area (Å²) in [5, 5.41) is 4.71. The second-order valence-electron chi connectivity index (χ2n) is 7.87. The van der Waals surface area contributed by atoms with E-state index in [1.54, 1.807) is 0 Å². The quantitative estimate of drug-likeness (QED) is 0.889. The van der Waals surface area contributed by atoms with E-state index in [9.17, 15) is 4.79 Å². The largest absolute Gasteiger partial charge is 0.358 e. The van der Waals surface area contributed by atoms with E-state index in [2.05, 4.69) is 47.4 Å². The van der Waals surface area contributed by atoms with Crippen molar-refractivity contribution >= 4 is 16.9 Å². The van der Waals surface area contributed by atoms with Crippen LogP contribution in [0.4, 0.5) is 4.79 Å². The summed E-state index contributed by atoms with van der Waals surface area (Å²) in [7, 11) is 2.21. The SMILES string of the molecule is CCN(CC)C(=O)N[C@H]1C[C@@H]2c3cccc4[nH]c(C)c(c34)C[C@H]2N(C)C1. The van der Waals surface area contributed by atoms with Gasteiger partial charge in [-0.2, -0.15) is 0 Å². The highest BCUT2D eigenvalue weighted by molar-refractivity contribution is 5.89. The monoisotopic (exact) mass is 354 g/mol. The van der Waals surface area contributed by atoms with E-state index in [-0.39, 0.29) is 12.1 Å². The van der Waals surface area contributed by atoms with Gasteiger partial charge in [0, 0.05) is 54.2 Å². The van der Waals surface area contributed by atoms with Crippen LogP contribution in [0, 0.1) is 6.92 Å². The number of carbonyl (C=O) groups is 1. The topological polar surface area (TPSA) is 51.4 Å². The van der Waals surface area contributed by atoms with Crippen molar-refractivity contribution in [2.45, 2.75) is 51.6 Å². The number of fused-ring (bicyclic) bond motifs is 2. The zero-order valence-corrected chi connectivity index (χ0v) is 16.3. The number of urea groups is 1. The van der Waals surface area contributed by atoms with Gasteiger partial charge in [-0.3, -0.25) is 0 Å². The Balaban J connectivity index is 1.63. The highest BCUT2D eigenvalue weighted by Gasteiger charge is 2.40. The minimum absolute atomic E-state index is 0.0686. The molecule has 1 fully saturated rings. The minimum Gasteiger partial charge on any atom is -0.358 e. The number of H-pyrrole nitrogens is 1. The number of benzene rings is 1. The van der Waals surface area contributed by atoms with Crippen molar-refractivity contribution in [2.24, 2.45) is 0 Å². The molecule has 2 amide bonds. The number of rotatable bonds is 3. The number of aromatic amines is 1. The van der Waals surface area contributed by atoms with Crippen LogP contribution in [0.5, 0.6) is 0 Å². The van der Waals surface area contributed by atoms with Crippen LogP contribution in [-0.4, -0.2) is 59.6 Å². The molecule has 1 saturated heterocycles. The zero-order valence-electron chi connectivity index (χ0n) is 16.3. The van der Waals surface area contributed by atoms with Gasteiger partial charge in [-0.25, -0.2) is 4.79 Å². The first-order valence-electron chi connectivity index (χ1n) is 9.89. The summed E-state index contributed by atoms with van der Waals surface area (Å²) in [5.41, 5.74) is 5.49. The van der Waals surface area contributed by atoms with Crippen LogP contribution in [0.15, 0.2) is 18.2 Å². The maximum Gasteiger partial charge on any atom is 0.317 e. The van der Waals surface area contributed by atoms with Crippen molar-refractivity contribution < 1.29 is 4.79 Å². The predicted octanol–water partition coefficient (Wildman–Crippen LogP) is 3.24. The summed E-state index contributed by atoms with van der Waals surface area (Å²) in [6.07, 6.45) is 2.12. The molecule has 1 aromatic heterocycles. The molecule has 0 bridgehead atoms. The van der Waals surface area contributed by atoms with Gasteiger partial charge < -0.3 is 20.1 Å². The lowest BCUT2D eigenvalue weighted by Gasteiger charge is -2.46. The molecule has 2 N–H and O–H groups in total. The first-order chi connectivity index (χ1) is 12.5. The molecular formula is C21H30N4O. The van der Waals surface area contributed by atoms with Crippen LogP contribution in [0.25, 0.3) is 10.9 Å². The average Bonchev–Trinajstić information content (AvgIpc) is 2.94. The minimum atomic E-state index is 0.0686. The zero-order chi connectivity index (χ0) is 18.4. The Bertz CT molecular complexity index is 823. The van der Waals surface area contributed by atoms with E-state index in [4.69, 9.17) is 0 Å². The fourth-order valence-corrected chi connectivity index (χ4v) is 5.09. The summed E-state index contributed by atoms with van der Waals surface area (Å²) in [4.78, 5) is 20.4. The lowest BCUT2D eigenvalue weighted by Crippen LogP contribution is -2.56. The molecule has 1 aliphatic heterocycles. The molecule has 3 atom stereocenters. The number of likely N-dealkylation sites (tertiary alicyclic amines) is 1. The molecule has 5 heteroatoms. The third kappa shape index (κ3) is 2.69. The Morgan fingerprint density at radius 3 is 2.85 bits per heavy atom. The van der Waals surface area contributed by atoms with E-state index in [0.717, 1.165) is 32.5 Å². The first kappa shape index (κ1) is 17.4. The highest BCUT2D eigenvalue weighted by atomic mass is 16.2. The second kappa shape index (κ2) is 6.62. The number of aryl methyl sites for hydroxylation is 1. The maximum atomic E-state index is 12.5. The van der Waals surface area contributed by atoms with Crippen molar-refractivity contribution in [1.82, 2.24) is 20.1 Å². The van der Waals surface area contributed by atoms with Crippen LogP contribution in [-0.2, 0) is 6.42 Å². The lowest BCUT2D eigenvalue weighted by atomic mass is 9.73. The van der Waals surface area contributed by atoms with Gasteiger partial charge in [0.1, 0.15) is 0 Å². The van der Waals surface area contributed by atoms with E-state index in [0.29, 0.717) is 12.0 Å². The smallest absolute Gasteiger partial charge is 0.317 e. The number of hydrogen-bond donors (Lipinski definition) is 2. The molecule has 26 heavy (non-hydrogen) atoms. The van der Waals surface area contributed by atoms with E-state index in [1.165, 1.54) is 27.7 Å². The Morgan fingerprint density at radius 1 is 1.35 bits per heavy atom. The van der Waals surface area contributed by atoms with Gasteiger partial charge in [0.15, 0.2) is 0 Å². The van der Waals surface area contributed by atoms with Gasteiger partial charge in [0.25, 0.3) is 0 Å². The Kier molecular flexibility index (Phi) is 4.43. The summed E-state index contributed by atoms with van der Waals surface area (Å²) >= 11 is 0. The second-order valence-corrected chi connectivity index (χ2v) is 7.87. The van der Waals surface area contributed by atoms with Gasteiger partial charge in [0.05, 0.1) is 0 Å². The van der Waals surface area contributed by atoms with Gasteiger partial charge in [0.2, 0.25) is 0 Å². The Hall–Kier alpha value is -2.01. The van der Waals surface area contributed by atoms with E-state index < -0.39 is 0 Å². The first-order valence-corrected chi connectivity index (χ1v) is 9.89. The summed E-state index contributed by atoms with van der Waals surface area (Å²) in [5.74, 6) is 0.474. The number of piperidine rings is 1. The molecular weight excluding hydrogens is 324 g/mol.